The molecule has 3 heterocycles. The Hall–Kier alpha value is -10.4. The van der Waals surface area contributed by atoms with Gasteiger partial charge in [-0.05, 0) is 105 Å². The fourth-order valence-electron chi connectivity index (χ4n) is 11.3. The van der Waals surface area contributed by atoms with E-state index in [0.29, 0.717) is 0 Å². The average Bonchev–Trinajstić information content (AvgIpc) is 3.56. The third-order valence-corrected chi connectivity index (χ3v) is 15.4. The maximum absolute atomic E-state index is 5.35. The first kappa shape index (κ1) is 48.0. The predicted molar refractivity (Wildman–Crippen MR) is 331 cm³/mol. The van der Waals surface area contributed by atoms with Crippen molar-refractivity contribution >= 4 is 22.3 Å². The normalized spacial score (nSPS) is 15.5. The Bertz CT molecular complexity index is 4340. The number of nitrogens with one attached hydrogen (secondary N) is 1. The summed E-state index contributed by atoms with van der Waals surface area (Å²) in [6.07, 6.45) is 16.6. The Morgan fingerprint density at radius 1 is 0.362 bits per heavy atom. The molecule has 0 spiro atoms. The number of allylic oxidation sites excluding steroid dienone is 6. The lowest BCUT2D eigenvalue weighted by Gasteiger charge is -2.31. The number of pyridine rings is 1. The van der Waals surface area contributed by atoms with E-state index in [0.717, 1.165) is 119 Å². The highest BCUT2D eigenvalue weighted by Crippen LogP contribution is 2.39. The van der Waals surface area contributed by atoms with Crippen LogP contribution >= 0.6 is 0 Å². The van der Waals surface area contributed by atoms with Crippen LogP contribution in [0.5, 0.6) is 0 Å². The Kier molecular flexibility index (Phi) is 12.7. The molecule has 2 aromatic heterocycles. The Morgan fingerprint density at radius 2 is 0.887 bits per heavy atom. The zero-order valence-electron chi connectivity index (χ0n) is 43.9. The number of aromatic nitrogens is 3. The second-order valence-corrected chi connectivity index (χ2v) is 20.6. The molecule has 3 aliphatic rings. The first-order valence-corrected chi connectivity index (χ1v) is 27.4. The van der Waals surface area contributed by atoms with Gasteiger partial charge in [-0.1, -0.05) is 249 Å². The first-order valence-electron chi connectivity index (χ1n) is 27.4. The topological polar surface area (TPSA) is 63.1 Å². The van der Waals surface area contributed by atoms with Gasteiger partial charge in [0, 0.05) is 44.7 Å². The fraction of sp³-hybridized carbons (Fsp3) is 0.0400. The Balaban J connectivity index is 0.739. The van der Waals surface area contributed by atoms with Gasteiger partial charge in [-0.3, -0.25) is 0 Å². The van der Waals surface area contributed by atoms with Crippen LogP contribution in [0.3, 0.4) is 0 Å². The van der Waals surface area contributed by atoms with E-state index >= 15 is 0 Å². The molecule has 2 unspecified atom stereocenters. The van der Waals surface area contributed by atoms with Crippen LogP contribution in [0.15, 0.2) is 308 Å². The van der Waals surface area contributed by atoms with Crippen molar-refractivity contribution in [2.75, 3.05) is 0 Å². The molecule has 2 aliphatic carbocycles. The summed E-state index contributed by atoms with van der Waals surface area (Å²) in [5.41, 5.74) is 22.8. The zero-order chi connectivity index (χ0) is 53.2. The van der Waals surface area contributed by atoms with Gasteiger partial charge in [-0.2, -0.15) is 0 Å². The predicted octanol–water partition coefficient (Wildman–Crippen LogP) is 18.1. The lowest BCUT2D eigenvalue weighted by molar-refractivity contribution is 0.702. The molecular formula is C75H53N5. The molecule has 0 bridgehead atoms. The van der Waals surface area contributed by atoms with E-state index in [-0.39, 0.29) is 12.0 Å². The summed E-state index contributed by atoms with van der Waals surface area (Å²) in [5.74, 6) is 1.82. The van der Waals surface area contributed by atoms with Crippen molar-refractivity contribution < 1.29 is 0 Å². The summed E-state index contributed by atoms with van der Waals surface area (Å²) in [5, 5.41) is 4.69. The highest BCUT2D eigenvalue weighted by atomic mass is 15.1. The van der Waals surface area contributed by atoms with Crippen LogP contribution in [-0.2, 0) is 0 Å². The molecule has 5 nitrogen and oxygen atoms in total. The number of nitrogens with zero attached hydrogens (tertiary/aromatic N) is 4. The number of rotatable bonds is 11. The number of para-hydroxylation sites is 1. The number of benzene rings is 9. The summed E-state index contributed by atoms with van der Waals surface area (Å²) in [6.45, 7) is 0. The van der Waals surface area contributed by atoms with Gasteiger partial charge in [0.25, 0.3) is 0 Å². The molecule has 0 fully saturated rings. The van der Waals surface area contributed by atoms with Crippen LogP contribution in [0.1, 0.15) is 17.5 Å². The minimum atomic E-state index is 0.102. The van der Waals surface area contributed by atoms with Crippen molar-refractivity contribution in [2.24, 2.45) is 10.9 Å². The highest BCUT2D eigenvalue weighted by Gasteiger charge is 2.28. The van der Waals surface area contributed by atoms with Crippen LogP contribution in [0.4, 0.5) is 0 Å². The van der Waals surface area contributed by atoms with Gasteiger partial charge in [0.1, 0.15) is 5.84 Å². The fourth-order valence-corrected chi connectivity index (χ4v) is 11.3. The summed E-state index contributed by atoms with van der Waals surface area (Å²) in [4.78, 5) is 20.6. The molecule has 0 radical (unpaired) electrons. The molecule has 378 valence electrons. The van der Waals surface area contributed by atoms with Gasteiger partial charge >= 0.3 is 0 Å². The third-order valence-electron chi connectivity index (χ3n) is 15.4. The number of aliphatic imine (C=N–C) groups is 1. The highest BCUT2D eigenvalue weighted by molar-refractivity contribution is 6.01. The van der Waals surface area contributed by atoms with Crippen molar-refractivity contribution in [3.05, 3.63) is 314 Å². The molecule has 9 aromatic carbocycles. The standard InChI is InChI=1S/C75H53N5/c1-4-18-52(19-5-1)70-48-65(63-30-16-28-61(46-63)59-26-14-24-57(44-59)50-36-40-53(41-37-50)72-66-32-10-12-34-68(66)77-74(79-72)55-20-6-2-7-21-55)49-71(76-70)64-31-17-29-62(47-64)60-27-15-25-58(45-60)51-38-42-54(43-39-51)73-67-33-11-13-35-69(67)78-75(80-73)56-22-8-3-9-23-56/h1-40,42-49,53,68H,41H2,(H,77,79). The van der Waals surface area contributed by atoms with E-state index < -0.39 is 0 Å². The van der Waals surface area contributed by atoms with Gasteiger partial charge < -0.3 is 5.32 Å². The lowest BCUT2D eigenvalue weighted by atomic mass is 9.85. The van der Waals surface area contributed by atoms with E-state index in [1.54, 1.807) is 0 Å². The summed E-state index contributed by atoms with van der Waals surface area (Å²) >= 11 is 0. The van der Waals surface area contributed by atoms with Crippen molar-refractivity contribution in [3.8, 4) is 89.7 Å². The second kappa shape index (κ2) is 21.2. The van der Waals surface area contributed by atoms with Crippen LogP contribution in [0, 0.1) is 5.92 Å². The zero-order valence-corrected chi connectivity index (χ0v) is 43.9. The van der Waals surface area contributed by atoms with Crippen LogP contribution < -0.4 is 5.32 Å². The largest absolute Gasteiger partial charge is 0.359 e. The number of hydrogen-bond acceptors (Lipinski definition) is 5. The van der Waals surface area contributed by atoms with Crippen molar-refractivity contribution in [1.29, 1.82) is 0 Å². The van der Waals surface area contributed by atoms with E-state index in [9.17, 15) is 0 Å². The maximum Gasteiger partial charge on any atom is 0.160 e. The molecule has 0 amide bonds. The van der Waals surface area contributed by atoms with E-state index in [4.69, 9.17) is 19.9 Å². The minimum Gasteiger partial charge on any atom is -0.359 e. The van der Waals surface area contributed by atoms with Crippen molar-refractivity contribution in [3.63, 3.8) is 0 Å². The number of fused-ring (bicyclic) bond motifs is 2. The van der Waals surface area contributed by atoms with E-state index in [1.165, 1.54) is 22.3 Å². The van der Waals surface area contributed by atoms with Gasteiger partial charge in [0.15, 0.2) is 5.82 Å². The summed E-state index contributed by atoms with van der Waals surface area (Å²) in [6, 6.07) is 88.1. The van der Waals surface area contributed by atoms with E-state index in [2.05, 4.69) is 266 Å². The smallest absolute Gasteiger partial charge is 0.160 e. The summed E-state index contributed by atoms with van der Waals surface area (Å²) < 4.78 is 0. The van der Waals surface area contributed by atoms with Crippen molar-refractivity contribution in [1.82, 2.24) is 20.3 Å². The van der Waals surface area contributed by atoms with Gasteiger partial charge in [-0.25, -0.2) is 19.9 Å². The molecule has 1 N–H and O–H groups in total. The molecule has 2 atom stereocenters. The first-order chi connectivity index (χ1) is 39.6. The Morgan fingerprint density at radius 3 is 1.55 bits per heavy atom. The third kappa shape index (κ3) is 9.74. The lowest BCUT2D eigenvalue weighted by Crippen LogP contribution is -2.40. The van der Waals surface area contributed by atoms with Crippen molar-refractivity contribution in [2.45, 2.75) is 12.5 Å². The molecule has 1 aliphatic heterocycles. The molecule has 0 saturated heterocycles. The van der Waals surface area contributed by atoms with Crippen LogP contribution in [0.2, 0.25) is 0 Å². The quantitative estimate of drug-likeness (QED) is 0.140. The SMILES string of the molecule is C1=CC2=C(C3C=CC(c4cccc(-c5cccc(-c6cc(-c7ccccc7)nc(-c7cccc(-c8cccc(-c9ccc(-c%10nc(-c%11ccccc%11)nc%11ccccc%10%11)cc9)c8)c7)c6)c5)c4)=CC3)N=C(c3ccccc3)NC2C=C1. The van der Waals surface area contributed by atoms with Crippen LogP contribution in [0.25, 0.3) is 106 Å². The molecule has 0 saturated carbocycles. The minimum absolute atomic E-state index is 0.102. The number of amidine groups is 1. The second-order valence-electron chi connectivity index (χ2n) is 20.6. The Labute approximate surface area is 466 Å². The van der Waals surface area contributed by atoms with Gasteiger partial charge in [0.2, 0.25) is 0 Å². The molecule has 11 aromatic rings. The molecule has 5 heteroatoms. The molecule has 14 rings (SSSR count). The van der Waals surface area contributed by atoms with E-state index in [1.807, 2.05) is 30.3 Å². The van der Waals surface area contributed by atoms with Crippen LogP contribution in [-0.4, -0.2) is 26.8 Å². The molecule has 80 heavy (non-hydrogen) atoms. The van der Waals surface area contributed by atoms with Gasteiger partial charge in [0.05, 0.1) is 34.3 Å². The van der Waals surface area contributed by atoms with Gasteiger partial charge in [-0.15, -0.1) is 0 Å². The molecular weight excluding hydrogens is 971 g/mol. The number of hydrogen-bond donors (Lipinski definition) is 1. The summed E-state index contributed by atoms with van der Waals surface area (Å²) in [7, 11) is 0. The maximum atomic E-state index is 5.35. The monoisotopic (exact) mass is 1020 g/mol. The average molecular weight is 1020 g/mol.